The van der Waals surface area contributed by atoms with Crippen LogP contribution in [0, 0.1) is 0 Å². The van der Waals surface area contributed by atoms with Gasteiger partial charge in [0.2, 0.25) is 0 Å². The number of nitrogens with zero attached hydrogens (tertiary/aromatic N) is 2. The fourth-order valence-electron chi connectivity index (χ4n) is 3.95. The van der Waals surface area contributed by atoms with Crippen LogP contribution in [0.3, 0.4) is 0 Å². The van der Waals surface area contributed by atoms with Gasteiger partial charge in [-0.15, -0.1) is 0 Å². The second-order valence-electron chi connectivity index (χ2n) is 6.59. The largest absolute Gasteiger partial charge is 0.395 e. The van der Waals surface area contributed by atoms with Gasteiger partial charge in [-0.05, 0) is 22.3 Å². The number of aliphatic hydroxyl groups is 1. The fraction of sp³-hybridized carbons (Fsp3) is 0.333. The molecule has 0 radical (unpaired) electrons. The summed E-state index contributed by atoms with van der Waals surface area (Å²) in [5.41, 5.74) is 5.43. The Morgan fingerprint density at radius 3 is 1.88 bits per heavy atom. The molecule has 0 aromatic heterocycles. The summed E-state index contributed by atoms with van der Waals surface area (Å²) >= 11 is 0. The molecule has 24 heavy (non-hydrogen) atoms. The molecule has 0 spiro atoms. The third kappa shape index (κ3) is 2.91. The Labute approximate surface area is 143 Å². The molecule has 1 N–H and O–H groups in total. The van der Waals surface area contributed by atoms with Crippen LogP contribution in [0.2, 0.25) is 0 Å². The molecule has 2 aromatic rings. The molecule has 2 aliphatic rings. The van der Waals surface area contributed by atoms with Crippen molar-refractivity contribution in [3.05, 3.63) is 70.8 Å². The Kier molecular flexibility index (Phi) is 4.48. The average molecular weight is 320 g/mol. The zero-order chi connectivity index (χ0) is 16.4. The summed E-state index contributed by atoms with van der Waals surface area (Å²) in [6, 6.07) is 17.8. The lowest BCUT2D eigenvalue weighted by atomic mass is 9.92. The van der Waals surface area contributed by atoms with Crippen LogP contribution >= 0.6 is 0 Å². The Morgan fingerprint density at radius 2 is 1.33 bits per heavy atom. The van der Waals surface area contributed by atoms with Crippen LogP contribution in [0.15, 0.2) is 48.5 Å². The van der Waals surface area contributed by atoms with Crippen LogP contribution in [-0.4, -0.2) is 54.2 Å². The van der Waals surface area contributed by atoms with Gasteiger partial charge in [-0.25, -0.2) is 0 Å². The summed E-state index contributed by atoms with van der Waals surface area (Å²) in [4.78, 5) is 4.95. The van der Waals surface area contributed by atoms with Crippen LogP contribution in [0.1, 0.15) is 28.3 Å². The van der Waals surface area contributed by atoms with Gasteiger partial charge in [-0.3, -0.25) is 9.80 Å². The van der Waals surface area contributed by atoms with E-state index in [4.69, 9.17) is 5.11 Å². The van der Waals surface area contributed by atoms with E-state index >= 15 is 0 Å². The van der Waals surface area contributed by atoms with Crippen LogP contribution in [0.5, 0.6) is 0 Å². The van der Waals surface area contributed by atoms with E-state index in [0.29, 0.717) is 6.04 Å². The number of β-amino-alcohol motifs (C(OH)–C–C–N with tert-alkyl or cyclic N) is 1. The normalized spacial score (nSPS) is 18.9. The number of fused-ring (bicyclic) bond motifs is 2. The molecule has 4 rings (SSSR count). The highest BCUT2D eigenvalue weighted by molar-refractivity contribution is 5.76. The highest BCUT2D eigenvalue weighted by atomic mass is 16.3. The quantitative estimate of drug-likeness (QED) is 0.942. The summed E-state index contributed by atoms with van der Waals surface area (Å²) in [5.74, 6) is 0. The van der Waals surface area contributed by atoms with Gasteiger partial charge in [0.15, 0.2) is 0 Å². The first-order valence-electron chi connectivity index (χ1n) is 8.80. The van der Waals surface area contributed by atoms with Gasteiger partial charge in [-0.2, -0.15) is 0 Å². The minimum Gasteiger partial charge on any atom is -0.395 e. The van der Waals surface area contributed by atoms with Crippen molar-refractivity contribution < 1.29 is 5.11 Å². The zero-order valence-corrected chi connectivity index (χ0v) is 13.9. The van der Waals surface area contributed by atoms with Crippen LogP contribution in [0.25, 0.3) is 12.2 Å². The van der Waals surface area contributed by atoms with Gasteiger partial charge in [0.25, 0.3) is 0 Å². The summed E-state index contributed by atoms with van der Waals surface area (Å²) in [6.07, 6.45) is 4.49. The van der Waals surface area contributed by atoms with E-state index in [0.717, 1.165) is 32.7 Å². The Bertz CT molecular complexity index is 683. The van der Waals surface area contributed by atoms with Gasteiger partial charge in [0.05, 0.1) is 12.6 Å². The highest BCUT2D eigenvalue weighted by Gasteiger charge is 2.29. The van der Waals surface area contributed by atoms with Crippen molar-refractivity contribution in [2.24, 2.45) is 0 Å². The standard InChI is InChI=1S/C21H24N2O/c24-16-15-22-11-13-23(14-12-22)21-19-7-3-1-5-17(19)9-10-18-6-2-4-8-20(18)21/h1-10,21,24H,11-16H2. The third-order valence-corrected chi connectivity index (χ3v) is 5.21. The van der Waals surface area contributed by atoms with E-state index in [1.165, 1.54) is 22.3 Å². The van der Waals surface area contributed by atoms with Gasteiger partial charge < -0.3 is 5.11 Å². The minimum atomic E-state index is 0.249. The van der Waals surface area contributed by atoms with Crippen molar-refractivity contribution in [2.75, 3.05) is 39.3 Å². The second-order valence-corrected chi connectivity index (χ2v) is 6.59. The summed E-state index contributed by atoms with van der Waals surface area (Å²) in [7, 11) is 0. The lowest BCUT2D eigenvalue weighted by Gasteiger charge is -2.40. The number of benzene rings is 2. The van der Waals surface area contributed by atoms with Crippen LogP contribution in [0.4, 0.5) is 0 Å². The van der Waals surface area contributed by atoms with E-state index in [9.17, 15) is 0 Å². The van der Waals surface area contributed by atoms with E-state index < -0.39 is 0 Å². The van der Waals surface area contributed by atoms with Gasteiger partial charge in [0.1, 0.15) is 0 Å². The first kappa shape index (κ1) is 15.6. The topological polar surface area (TPSA) is 26.7 Å². The van der Waals surface area contributed by atoms with E-state index in [-0.39, 0.29) is 6.61 Å². The van der Waals surface area contributed by atoms with Crippen molar-refractivity contribution in [3.63, 3.8) is 0 Å². The van der Waals surface area contributed by atoms with Crippen molar-refractivity contribution in [1.29, 1.82) is 0 Å². The number of piperazine rings is 1. The molecule has 1 heterocycles. The van der Waals surface area contributed by atoms with Crippen molar-refractivity contribution in [2.45, 2.75) is 6.04 Å². The molecule has 0 bridgehead atoms. The fourth-order valence-corrected chi connectivity index (χ4v) is 3.95. The monoisotopic (exact) mass is 320 g/mol. The molecule has 1 saturated heterocycles. The maximum Gasteiger partial charge on any atom is 0.0614 e. The van der Waals surface area contributed by atoms with E-state index in [1.807, 2.05) is 0 Å². The number of rotatable bonds is 3. The first-order valence-corrected chi connectivity index (χ1v) is 8.80. The maximum absolute atomic E-state index is 9.17. The molecule has 0 amide bonds. The molecule has 0 saturated carbocycles. The van der Waals surface area contributed by atoms with E-state index in [2.05, 4.69) is 70.5 Å². The lowest BCUT2D eigenvalue weighted by molar-refractivity contribution is 0.0944. The number of hydrogen-bond donors (Lipinski definition) is 1. The zero-order valence-electron chi connectivity index (χ0n) is 13.9. The number of hydrogen-bond acceptors (Lipinski definition) is 3. The van der Waals surface area contributed by atoms with Crippen molar-refractivity contribution in [1.82, 2.24) is 9.80 Å². The first-order chi connectivity index (χ1) is 11.9. The molecule has 3 nitrogen and oxygen atoms in total. The molecule has 3 heteroatoms. The van der Waals surface area contributed by atoms with Gasteiger partial charge in [0, 0.05) is 32.7 Å². The smallest absolute Gasteiger partial charge is 0.0614 e. The lowest BCUT2D eigenvalue weighted by Crippen LogP contribution is -2.48. The molecule has 1 aliphatic heterocycles. The summed E-state index contributed by atoms with van der Waals surface area (Å²) in [6.45, 7) is 5.15. The van der Waals surface area contributed by atoms with Crippen molar-refractivity contribution in [3.8, 4) is 0 Å². The summed E-state index contributed by atoms with van der Waals surface area (Å²) < 4.78 is 0. The summed E-state index contributed by atoms with van der Waals surface area (Å²) in [5, 5.41) is 9.17. The second kappa shape index (κ2) is 6.89. The number of aliphatic hydroxyl groups excluding tert-OH is 1. The predicted molar refractivity (Wildman–Crippen MR) is 98.8 cm³/mol. The highest BCUT2D eigenvalue weighted by Crippen LogP contribution is 2.37. The molecule has 2 aromatic carbocycles. The molecular formula is C21H24N2O. The van der Waals surface area contributed by atoms with Gasteiger partial charge >= 0.3 is 0 Å². The van der Waals surface area contributed by atoms with Crippen LogP contribution in [-0.2, 0) is 0 Å². The van der Waals surface area contributed by atoms with Crippen molar-refractivity contribution >= 4 is 12.2 Å². The molecule has 0 atom stereocenters. The Hall–Kier alpha value is -1.94. The van der Waals surface area contributed by atoms with Crippen LogP contribution < -0.4 is 0 Å². The third-order valence-electron chi connectivity index (χ3n) is 5.21. The van der Waals surface area contributed by atoms with E-state index in [1.54, 1.807) is 0 Å². The molecule has 1 aliphatic carbocycles. The van der Waals surface area contributed by atoms with Gasteiger partial charge in [-0.1, -0.05) is 60.7 Å². The Balaban J connectivity index is 1.70. The average Bonchev–Trinajstić information content (AvgIpc) is 2.80. The molecule has 124 valence electrons. The maximum atomic E-state index is 9.17. The SMILES string of the molecule is OCCN1CCN(C2c3ccccc3C=Cc3ccccc32)CC1. The predicted octanol–water partition coefficient (Wildman–Crippen LogP) is 2.87. The molecule has 0 unspecified atom stereocenters. The molecule has 1 fully saturated rings. The minimum absolute atomic E-state index is 0.249. The Morgan fingerprint density at radius 1 is 0.792 bits per heavy atom. The molecular weight excluding hydrogens is 296 g/mol.